The molecule has 4 N–H and O–H groups in total. The number of anilines is 2. The highest BCUT2D eigenvalue weighted by Gasteiger charge is 2.03. The molecule has 1 aromatic heterocycles. The van der Waals surface area contributed by atoms with Crippen molar-refractivity contribution in [2.45, 2.75) is 6.42 Å². The molecular weight excluding hydrogens is 218 g/mol. The van der Waals surface area contributed by atoms with Crippen LogP contribution in [0.1, 0.15) is 6.42 Å². The first kappa shape index (κ1) is 11.2. The average molecular weight is 231 g/mol. The fraction of sp³-hybridized carbons (Fsp3) is 0.167. The molecule has 0 radical (unpaired) electrons. The van der Waals surface area contributed by atoms with Gasteiger partial charge in [0, 0.05) is 23.8 Å². The number of nitrogen functional groups attached to an aromatic ring is 1. The van der Waals surface area contributed by atoms with Crippen LogP contribution in [0.15, 0.2) is 30.5 Å². The molecule has 5 nitrogen and oxygen atoms in total. The van der Waals surface area contributed by atoms with Crippen molar-refractivity contribution in [3.8, 4) is 0 Å². The van der Waals surface area contributed by atoms with Crippen LogP contribution in [0.3, 0.4) is 0 Å². The number of aromatic nitrogens is 1. The van der Waals surface area contributed by atoms with Gasteiger partial charge < -0.3 is 16.2 Å². The number of fused-ring (bicyclic) bond motifs is 1. The van der Waals surface area contributed by atoms with Crippen LogP contribution in [0, 0.1) is 0 Å². The third-order valence-electron chi connectivity index (χ3n) is 2.42. The summed E-state index contributed by atoms with van der Waals surface area (Å²) in [4.78, 5) is 14.6. The lowest BCUT2D eigenvalue weighted by Gasteiger charge is -2.07. The minimum atomic E-state index is -0.831. The molecule has 0 fully saturated rings. The van der Waals surface area contributed by atoms with Gasteiger partial charge >= 0.3 is 5.97 Å². The number of aliphatic carboxylic acids is 1. The smallest absolute Gasteiger partial charge is 0.305 e. The molecule has 0 unspecified atom stereocenters. The van der Waals surface area contributed by atoms with Crippen molar-refractivity contribution >= 4 is 28.2 Å². The lowest BCUT2D eigenvalue weighted by atomic mass is 10.1. The normalized spacial score (nSPS) is 10.4. The van der Waals surface area contributed by atoms with Crippen LogP contribution in [-0.4, -0.2) is 22.6 Å². The number of nitrogens with zero attached hydrogens (tertiary/aromatic N) is 1. The van der Waals surface area contributed by atoms with Crippen molar-refractivity contribution in [3.63, 3.8) is 0 Å². The van der Waals surface area contributed by atoms with Gasteiger partial charge in [-0.1, -0.05) is 0 Å². The fourth-order valence-electron chi connectivity index (χ4n) is 1.63. The molecular formula is C12H13N3O2. The predicted molar refractivity (Wildman–Crippen MR) is 66.9 cm³/mol. The van der Waals surface area contributed by atoms with Crippen molar-refractivity contribution < 1.29 is 9.90 Å². The molecule has 5 heteroatoms. The molecule has 0 saturated carbocycles. The molecule has 0 aliphatic rings. The SMILES string of the molecule is Nc1ccc2c(NCCC(=O)O)nccc2c1. The van der Waals surface area contributed by atoms with E-state index in [9.17, 15) is 4.79 Å². The highest BCUT2D eigenvalue weighted by Crippen LogP contribution is 2.22. The maximum Gasteiger partial charge on any atom is 0.305 e. The second-order valence-corrected chi connectivity index (χ2v) is 3.71. The topological polar surface area (TPSA) is 88.2 Å². The van der Waals surface area contributed by atoms with Gasteiger partial charge in [-0.25, -0.2) is 4.98 Å². The van der Waals surface area contributed by atoms with Crippen molar-refractivity contribution in [2.24, 2.45) is 0 Å². The Hall–Kier alpha value is -2.30. The second-order valence-electron chi connectivity index (χ2n) is 3.71. The lowest BCUT2D eigenvalue weighted by molar-refractivity contribution is -0.136. The van der Waals surface area contributed by atoms with Gasteiger partial charge in [-0.15, -0.1) is 0 Å². The fourth-order valence-corrected chi connectivity index (χ4v) is 1.63. The number of rotatable bonds is 4. The Morgan fingerprint density at radius 1 is 1.41 bits per heavy atom. The summed E-state index contributed by atoms with van der Waals surface area (Å²) in [6, 6.07) is 7.40. The number of benzene rings is 1. The summed E-state index contributed by atoms with van der Waals surface area (Å²) >= 11 is 0. The molecule has 0 saturated heterocycles. The van der Waals surface area contributed by atoms with E-state index >= 15 is 0 Å². The van der Waals surface area contributed by atoms with Gasteiger partial charge in [0.05, 0.1) is 6.42 Å². The predicted octanol–water partition coefficient (Wildman–Crippen LogP) is 1.70. The zero-order chi connectivity index (χ0) is 12.3. The summed E-state index contributed by atoms with van der Waals surface area (Å²) in [5.41, 5.74) is 6.39. The zero-order valence-electron chi connectivity index (χ0n) is 9.18. The van der Waals surface area contributed by atoms with Crippen LogP contribution >= 0.6 is 0 Å². The number of carboxylic acid groups (broad SMARTS) is 1. The molecule has 88 valence electrons. The third-order valence-corrected chi connectivity index (χ3v) is 2.42. The van der Waals surface area contributed by atoms with E-state index in [4.69, 9.17) is 10.8 Å². The number of nitrogens with two attached hydrogens (primary N) is 1. The zero-order valence-corrected chi connectivity index (χ0v) is 9.18. The van der Waals surface area contributed by atoms with Crippen molar-refractivity contribution in [3.05, 3.63) is 30.5 Å². The number of carboxylic acids is 1. The van der Waals surface area contributed by atoms with Crippen molar-refractivity contribution in [1.82, 2.24) is 4.98 Å². The molecule has 0 aliphatic heterocycles. The summed E-state index contributed by atoms with van der Waals surface area (Å²) in [7, 11) is 0. The van der Waals surface area contributed by atoms with Crippen molar-refractivity contribution in [1.29, 1.82) is 0 Å². The van der Waals surface area contributed by atoms with E-state index in [1.54, 1.807) is 12.3 Å². The maximum absolute atomic E-state index is 10.4. The van der Waals surface area contributed by atoms with Gasteiger partial charge in [0.2, 0.25) is 0 Å². The van der Waals surface area contributed by atoms with E-state index in [2.05, 4.69) is 10.3 Å². The molecule has 0 amide bonds. The van der Waals surface area contributed by atoms with Crippen LogP contribution < -0.4 is 11.1 Å². The summed E-state index contributed by atoms with van der Waals surface area (Å²) in [6.07, 6.45) is 1.73. The first-order chi connectivity index (χ1) is 8.16. The van der Waals surface area contributed by atoms with Gasteiger partial charge in [-0.2, -0.15) is 0 Å². The Labute approximate surface area is 98.3 Å². The van der Waals surface area contributed by atoms with Crippen LogP contribution in [0.5, 0.6) is 0 Å². The van der Waals surface area contributed by atoms with Gasteiger partial charge in [-0.3, -0.25) is 4.79 Å². The Morgan fingerprint density at radius 3 is 3.00 bits per heavy atom. The lowest BCUT2D eigenvalue weighted by Crippen LogP contribution is -2.08. The minimum Gasteiger partial charge on any atom is -0.481 e. The minimum absolute atomic E-state index is 0.0625. The number of hydrogen-bond donors (Lipinski definition) is 3. The highest BCUT2D eigenvalue weighted by atomic mass is 16.4. The first-order valence-electron chi connectivity index (χ1n) is 5.27. The van der Waals surface area contributed by atoms with Crippen molar-refractivity contribution in [2.75, 3.05) is 17.6 Å². The Bertz CT molecular complexity index is 554. The second kappa shape index (κ2) is 4.69. The molecule has 1 aromatic carbocycles. The number of hydrogen-bond acceptors (Lipinski definition) is 4. The molecule has 2 rings (SSSR count). The van der Waals surface area contributed by atoms with E-state index in [0.717, 1.165) is 10.8 Å². The van der Waals surface area contributed by atoms with Gasteiger partial charge in [-0.05, 0) is 29.7 Å². The first-order valence-corrected chi connectivity index (χ1v) is 5.27. The van der Waals surface area contributed by atoms with Crippen LogP contribution in [0.2, 0.25) is 0 Å². The molecule has 0 bridgehead atoms. The molecule has 0 aliphatic carbocycles. The van der Waals surface area contributed by atoms with E-state index in [1.165, 1.54) is 0 Å². The number of nitrogens with one attached hydrogen (secondary N) is 1. The average Bonchev–Trinajstić information content (AvgIpc) is 2.28. The van der Waals surface area contributed by atoms with Crippen LogP contribution in [0.25, 0.3) is 10.8 Å². The standard InChI is InChI=1S/C12H13N3O2/c13-9-1-2-10-8(7-9)3-5-14-12(10)15-6-4-11(16)17/h1-3,5,7H,4,6,13H2,(H,14,15)(H,16,17). The van der Waals surface area contributed by atoms with Crippen LogP contribution in [0.4, 0.5) is 11.5 Å². The monoisotopic (exact) mass is 231 g/mol. The Morgan fingerprint density at radius 2 is 2.24 bits per heavy atom. The van der Waals surface area contributed by atoms with E-state index in [0.29, 0.717) is 18.1 Å². The third kappa shape index (κ3) is 2.63. The molecule has 0 atom stereocenters. The van der Waals surface area contributed by atoms with E-state index in [-0.39, 0.29) is 6.42 Å². The summed E-state index contributed by atoms with van der Waals surface area (Å²) in [6.45, 7) is 0.353. The Balaban J connectivity index is 2.25. The summed E-state index contributed by atoms with van der Waals surface area (Å²) in [5.74, 6) is -0.147. The van der Waals surface area contributed by atoms with Crippen LogP contribution in [-0.2, 0) is 4.79 Å². The van der Waals surface area contributed by atoms with E-state index in [1.807, 2.05) is 18.2 Å². The quantitative estimate of drug-likeness (QED) is 0.697. The molecule has 2 aromatic rings. The molecule has 17 heavy (non-hydrogen) atoms. The van der Waals surface area contributed by atoms with Gasteiger partial charge in [0.1, 0.15) is 5.82 Å². The molecule has 0 spiro atoms. The largest absolute Gasteiger partial charge is 0.481 e. The number of carbonyl (C=O) groups is 1. The summed E-state index contributed by atoms with van der Waals surface area (Å²) < 4.78 is 0. The van der Waals surface area contributed by atoms with E-state index < -0.39 is 5.97 Å². The van der Waals surface area contributed by atoms with Gasteiger partial charge in [0.25, 0.3) is 0 Å². The summed E-state index contributed by atoms with van der Waals surface area (Å²) in [5, 5.41) is 13.5. The molecule has 1 heterocycles. The van der Waals surface area contributed by atoms with Gasteiger partial charge in [0.15, 0.2) is 0 Å². The highest BCUT2D eigenvalue weighted by molar-refractivity contribution is 5.93. The number of pyridine rings is 1. The Kier molecular flexibility index (Phi) is 3.09. The maximum atomic E-state index is 10.4.